The molecular formula is C11H13NO4. The van der Waals surface area contributed by atoms with Crippen LogP contribution in [0.15, 0.2) is 30.3 Å². The van der Waals surface area contributed by atoms with Crippen molar-refractivity contribution in [2.45, 2.75) is 12.5 Å². The summed E-state index contributed by atoms with van der Waals surface area (Å²) in [6.45, 7) is 0.502. The fraction of sp³-hybridized carbons (Fsp3) is 0.273. The number of rotatable bonds is 4. The quantitative estimate of drug-likeness (QED) is 0.675. The zero-order valence-electron chi connectivity index (χ0n) is 8.80. The van der Waals surface area contributed by atoms with Crippen molar-refractivity contribution in [3.05, 3.63) is 35.9 Å². The first-order chi connectivity index (χ1) is 7.53. The molecule has 0 fully saturated rings. The van der Waals surface area contributed by atoms with Gasteiger partial charge in [0.15, 0.2) is 5.54 Å². The van der Waals surface area contributed by atoms with Crippen molar-refractivity contribution >= 4 is 11.9 Å². The summed E-state index contributed by atoms with van der Waals surface area (Å²) in [4.78, 5) is 22.2. The lowest BCUT2D eigenvalue weighted by atomic mass is 9.90. The number of carbonyl (C=O) groups is 2. The average Bonchev–Trinajstić information content (AvgIpc) is 2.26. The fourth-order valence-electron chi connectivity index (χ4n) is 1.47. The molecule has 5 nitrogen and oxygen atoms in total. The normalized spacial score (nSPS) is 13.9. The standard InChI is InChI=1S/C11H13NO4/c1-8(14)12-11(7-13,10(15)16)9-5-3-2-4-6-9/h2-6,13H,7H2,1H3,(H,12,14)(H,15,16). The van der Waals surface area contributed by atoms with Gasteiger partial charge in [-0.15, -0.1) is 0 Å². The van der Waals surface area contributed by atoms with Crippen LogP contribution in [0.1, 0.15) is 12.5 Å². The molecule has 1 aromatic rings. The van der Waals surface area contributed by atoms with Crippen LogP contribution in [0.5, 0.6) is 0 Å². The first kappa shape index (κ1) is 12.2. The highest BCUT2D eigenvalue weighted by atomic mass is 16.4. The second-order valence-electron chi connectivity index (χ2n) is 3.42. The van der Waals surface area contributed by atoms with Crippen LogP contribution in [0.2, 0.25) is 0 Å². The molecule has 1 rings (SSSR count). The van der Waals surface area contributed by atoms with E-state index in [0.29, 0.717) is 5.56 Å². The summed E-state index contributed by atoms with van der Waals surface area (Å²) in [5.41, 5.74) is -1.44. The maximum atomic E-state index is 11.2. The van der Waals surface area contributed by atoms with Crippen molar-refractivity contribution in [2.75, 3.05) is 6.61 Å². The third-order valence-corrected chi connectivity index (χ3v) is 2.26. The minimum absolute atomic E-state index is 0.334. The summed E-state index contributed by atoms with van der Waals surface area (Å²) < 4.78 is 0. The summed E-state index contributed by atoms with van der Waals surface area (Å²) in [6.07, 6.45) is 0. The van der Waals surface area contributed by atoms with Gasteiger partial charge in [0.05, 0.1) is 6.61 Å². The summed E-state index contributed by atoms with van der Waals surface area (Å²) in [6, 6.07) is 8.09. The highest BCUT2D eigenvalue weighted by Gasteiger charge is 2.40. The molecule has 0 radical (unpaired) electrons. The second-order valence-corrected chi connectivity index (χ2v) is 3.42. The van der Waals surface area contributed by atoms with Gasteiger partial charge in [-0.1, -0.05) is 30.3 Å². The van der Waals surface area contributed by atoms with E-state index in [9.17, 15) is 14.7 Å². The van der Waals surface area contributed by atoms with Gasteiger partial charge in [0, 0.05) is 6.92 Å². The van der Waals surface area contributed by atoms with Gasteiger partial charge in [0.2, 0.25) is 5.91 Å². The Morgan fingerprint density at radius 3 is 2.25 bits per heavy atom. The van der Waals surface area contributed by atoms with E-state index in [0.717, 1.165) is 0 Å². The van der Waals surface area contributed by atoms with Crippen LogP contribution in [-0.2, 0) is 15.1 Å². The van der Waals surface area contributed by atoms with Crippen LogP contribution >= 0.6 is 0 Å². The summed E-state index contributed by atoms with van der Waals surface area (Å²) in [5, 5.41) is 20.7. The molecule has 1 aromatic carbocycles. The number of carbonyl (C=O) groups excluding carboxylic acids is 1. The first-order valence-electron chi connectivity index (χ1n) is 4.71. The van der Waals surface area contributed by atoms with E-state index in [1.165, 1.54) is 6.92 Å². The molecule has 0 heterocycles. The predicted molar refractivity (Wildman–Crippen MR) is 56.7 cm³/mol. The van der Waals surface area contributed by atoms with Crippen LogP contribution in [0.3, 0.4) is 0 Å². The van der Waals surface area contributed by atoms with Gasteiger partial charge < -0.3 is 15.5 Å². The van der Waals surface area contributed by atoms with Crippen LogP contribution in [0.4, 0.5) is 0 Å². The van der Waals surface area contributed by atoms with Crippen molar-refractivity contribution in [3.63, 3.8) is 0 Å². The molecule has 0 saturated heterocycles. The molecule has 0 aliphatic carbocycles. The molecule has 86 valence electrons. The van der Waals surface area contributed by atoms with Gasteiger partial charge in [-0.25, -0.2) is 4.79 Å². The van der Waals surface area contributed by atoms with Crippen LogP contribution in [-0.4, -0.2) is 28.7 Å². The SMILES string of the molecule is CC(=O)NC(CO)(C(=O)O)c1ccccc1. The van der Waals surface area contributed by atoms with Crippen molar-refractivity contribution < 1.29 is 19.8 Å². The summed E-state index contributed by atoms with van der Waals surface area (Å²) in [7, 11) is 0. The smallest absolute Gasteiger partial charge is 0.336 e. The van der Waals surface area contributed by atoms with E-state index in [1.807, 2.05) is 0 Å². The number of aliphatic hydroxyl groups is 1. The lowest BCUT2D eigenvalue weighted by Gasteiger charge is -2.28. The number of hydrogen-bond acceptors (Lipinski definition) is 3. The van der Waals surface area contributed by atoms with E-state index in [-0.39, 0.29) is 0 Å². The molecule has 0 spiro atoms. The molecule has 0 aliphatic heterocycles. The summed E-state index contributed by atoms with van der Waals surface area (Å²) in [5.74, 6) is -1.81. The van der Waals surface area contributed by atoms with E-state index >= 15 is 0 Å². The van der Waals surface area contributed by atoms with Gasteiger partial charge in [-0.2, -0.15) is 0 Å². The van der Waals surface area contributed by atoms with Gasteiger partial charge in [0.25, 0.3) is 0 Å². The Morgan fingerprint density at radius 2 is 1.88 bits per heavy atom. The van der Waals surface area contributed by atoms with Gasteiger partial charge in [0.1, 0.15) is 0 Å². The predicted octanol–water partition coefficient (Wildman–Crippen LogP) is 0.0949. The molecule has 16 heavy (non-hydrogen) atoms. The van der Waals surface area contributed by atoms with Gasteiger partial charge in [-0.05, 0) is 5.56 Å². The van der Waals surface area contributed by atoms with Crippen LogP contribution in [0.25, 0.3) is 0 Å². The number of benzene rings is 1. The summed E-state index contributed by atoms with van der Waals surface area (Å²) >= 11 is 0. The highest BCUT2D eigenvalue weighted by molar-refractivity contribution is 5.87. The molecule has 0 bridgehead atoms. The lowest BCUT2D eigenvalue weighted by Crippen LogP contribution is -2.53. The molecule has 1 atom stereocenters. The number of hydrogen-bond donors (Lipinski definition) is 3. The number of aliphatic carboxylic acids is 1. The van der Waals surface area contributed by atoms with E-state index < -0.39 is 24.0 Å². The average molecular weight is 223 g/mol. The Hall–Kier alpha value is -1.88. The number of nitrogens with one attached hydrogen (secondary N) is 1. The van der Waals surface area contributed by atoms with Crippen molar-refractivity contribution in [1.29, 1.82) is 0 Å². The van der Waals surface area contributed by atoms with Gasteiger partial charge in [-0.3, -0.25) is 4.79 Å². The molecule has 0 saturated carbocycles. The van der Waals surface area contributed by atoms with Crippen molar-refractivity contribution in [2.24, 2.45) is 0 Å². The van der Waals surface area contributed by atoms with Crippen LogP contribution in [0, 0.1) is 0 Å². The van der Waals surface area contributed by atoms with E-state index in [2.05, 4.69) is 5.32 Å². The zero-order chi connectivity index (χ0) is 12.2. The molecular weight excluding hydrogens is 210 g/mol. The molecule has 3 N–H and O–H groups in total. The second kappa shape index (κ2) is 4.76. The number of amides is 1. The third-order valence-electron chi connectivity index (χ3n) is 2.26. The molecule has 5 heteroatoms. The fourth-order valence-corrected chi connectivity index (χ4v) is 1.47. The third kappa shape index (κ3) is 2.20. The zero-order valence-corrected chi connectivity index (χ0v) is 8.80. The maximum absolute atomic E-state index is 11.2. The number of carboxylic acid groups (broad SMARTS) is 1. The molecule has 0 aromatic heterocycles. The Balaban J connectivity index is 3.23. The Kier molecular flexibility index (Phi) is 3.63. The van der Waals surface area contributed by atoms with Crippen LogP contribution < -0.4 is 5.32 Å². The maximum Gasteiger partial charge on any atom is 0.336 e. The Bertz CT molecular complexity index is 390. The minimum atomic E-state index is -1.77. The largest absolute Gasteiger partial charge is 0.479 e. The lowest BCUT2D eigenvalue weighted by molar-refractivity contribution is -0.150. The number of carboxylic acids is 1. The Morgan fingerprint density at radius 1 is 1.31 bits per heavy atom. The van der Waals surface area contributed by atoms with Gasteiger partial charge >= 0.3 is 5.97 Å². The first-order valence-corrected chi connectivity index (χ1v) is 4.71. The van der Waals surface area contributed by atoms with Crippen molar-refractivity contribution in [1.82, 2.24) is 5.32 Å². The Labute approximate surface area is 92.7 Å². The molecule has 1 amide bonds. The van der Waals surface area contributed by atoms with E-state index in [4.69, 9.17) is 5.11 Å². The molecule has 1 unspecified atom stereocenters. The molecule has 0 aliphatic rings. The number of aliphatic hydroxyl groups excluding tert-OH is 1. The monoisotopic (exact) mass is 223 g/mol. The van der Waals surface area contributed by atoms with E-state index in [1.54, 1.807) is 30.3 Å². The van der Waals surface area contributed by atoms with Crippen molar-refractivity contribution in [3.8, 4) is 0 Å². The highest BCUT2D eigenvalue weighted by Crippen LogP contribution is 2.20. The minimum Gasteiger partial charge on any atom is -0.479 e. The topological polar surface area (TPSA) is 86.6 Å².